The van der Waals surface area contributed by atoms with Gasteiger partial charge in [-0.25, -0.2) is 0 Å². The van der Waals surface area contributed by atoms with Gasteiger partial charge >= 0.3 is 0 Å². The van der Waals surface area contributed by atoms with Crippen LogP contribution in [0.25, 0.3) is 0 Å². The SMILES string of the molecule is C1CC1C1CNC2(COC2)OC1. The van der Waals surface area contributed by atoms with Crippen molar-refractivity contribution in [2.45, 2.75) is 18.6 Å². The van der Waals surface area contributed by atoms with Gasteiger partial charge in [0.1, 0.15) is 0 Å². The number of hydrogen-bond acceptors (Lipinski definition) is 3. The Bertz CT molecular complexity index is 177. The Labute approximate surface area is 72.4 Å². The molecule has 3 rings (SSSR count). The minimum atomic E-state index is -0.0780. The highest BCUT2D eigenvalue weighted by Crippen LogP contribution is 2.39. The lowest BCUT2D eigenvalue weighted by molar-refractivity contribution is -0.248. The molecule has 2 heterocycles. The quantitative estimate of drug-likeness (QED) is 0.614. The first-order valence-electron chi connectivity index (χ1n) is 4.85. The lowest BCUT2D eigenvalue weighted by Gasteiger charge is -2.46. The van der Waals surface area contributed by atoms with Gasteiger partial charge in [0.25, 0.3) is 0 Å². The van der Waals surface area contributed by atoms with Crippen molar-refractivity contribution in [1.82, 2.24) is 5.32 Å². The Morgan fingerprint density at radius 1 is 1.17 bits per heavy atom. The van der Waals surface area contributed by atoms with Gasteiger partial charge < -0.3 is 9.47 Å². The molecule has 0 radical (unpaired) electrons. The average Bonchev–Trinajstić information content (AvgIpc) is 2.84. The Morgan fingerprint density at radius 3 is 2.42 bits per heavy atom. The Kier molecular flexibility index (Phi) is 1.48. The standard InChI is InChI=1S/C9H15NO2/c1-2-7(1)8-3-10-9(12-4-8)5-11-6-9/h7-8,10H,1-6H2. The molecule has 0 aromatic heterocycles. The van der Waals surface area contributed by atoms with Crippen molar-refractivity contribution in [1.29, 1.82) is 0 Å². The van der Waals surface area contributed by atoms with E-state index in [4.69, 9.17) is 9.47 Å². The smallest absolute Gasteiger partial charge is 0.166 e. The van der Waals surface area contributed by atoms with Crippen LogP contribution in [-0.4, -0.2) is 32.1 Å². The summed E-state index contributed by atoms with van der Waals surface area (Å²) in [4.78, 5) is 0. The molecular weight excluding hydrogens is 154 g/mol. The fraction of sp³-hybridized carbons (Fsp3) is 1.00. The fourth-order valence-corrected chi connectivity index (χ4v) is 2.04. The van der Waals surface area contributed by atoms with Crippen molar-refractivity contribution >= 4 is 0 Å². The Balaban J connectivity index is 1.57. The van der Waals surface area contributed by atoms with E-state index in [1.54, 1.807) is 0 Å². The summed E-state index contributed by atoms with van der Waals surface area (Å²) < 4.78 is 10.9. The third kappa shape index (κ3) is 1.08. The summed E-state index contributed by atoms with van der Waals surface area (Å²) in [7, 11) is 0. The molecule has 1 unspecified atom stereocenters. The molecule has 1 aliphatic carbocycles. The highest BCUT2D eigenvalue weighted by Gasteiger charge is 2.45. The van der Waals surface area contributed by atoms with Crippen molar-refractivity contribution < 1.29 is 9.47 Å². The van der Waals surface area contributed by atoms with E-state index in [0.717, 1.165) is 38.2 Å². The predicted octanol–water partition coefficient (Wildman–Crippen LogP) is 0.359. The second kappa shape index (κ2) is 2.44. The van der Waals surface area contributed by atoms with Crippen LogP contribution in [0.3, 0.4) is 0 Å². The molecule has 2 aliphatic heterocycles. The molecule has 3 heteroatoms. The monoisotopic (exact) mass is 169 g/mol. The van der Waals surface area contributed by atoms with Crippen molar-refractivity contribution in [2.75, 3.05) is 26.4 Å². The summed E-state index contributed by atoms with van der Waals surface area (Å²) in [6, 6.07) is 0. The molecule has 3 aliphatic rings. The molecule has 1 saturated carbocycles. The third-order valence-electron chi connectivity index (χ3n) is 3.22. The van der Waals surface area contributed by atoms with Gasteiger partial charge in [0.05, 0.1) is 19.8 Å². The maximum atomic E-state index is 5.78. The molecule has 0 aromatic carbocycles. The first kappa shape index (κ1) is 7.30. The minimum absolute atomic E-state index is 0.0780. The van der Waals surface area contributed by atoms with Crippen molar-refractivity contribution in [3.63, 3.8) is 0 Å². The molecule has 1 spiro atoms. The van der Waals surface area contributed by atoms with Crippen LogP contribution in [0.4, 0.5) is 0 Å². The molecule has 68 valence electrons. The maximum Gasteiger partial charge on any atom is 0.166 e. The van der Waals surface area contributed by atoms with Crippen LogP contribution in [0.1, 0.15) is 12.8 Å². The van der Waals surface area contributed by atoms with Gasteiger partial charge in [-0.15, -0.1) is 0 Å². The highest BCUT2D eigenvalue weighted by molar-refractivity contribution is 4.93. The highest BCUT2D eigenvalue weighted by atomic mass is 16.6. The van der Waals surface area contributed by atoms with Gasteiger partial charge in [-0.2, -0.15) is 0 Å². The van der Waals surface area contributed by atoms with Crippen LogP contribution in [-0.2, 0) is 9.47 Å². The zero-order valence-electron chi connectivity index (χ0n) is 7.21. The van der Waals surface area contributed by atoms with Gasteiger partial charge in [0, 0.05) is 6.54 Å². The van der Waals surface area contributed by atoms with Crippen LogP contribution in [0.5, 0.6) is 0 Å². The Hall–Kier alpha value is -0.120. The van der Waals surface area contributed by atoms with Crippen LogP contribution >= 0.6 is 0 Å². The number of ether oxygens (including phenoxy) is 2. The van der Waals surface area contributed by atoms with Crippen LogP contribution in [0.15, 0.2) is 0 Å². The zero-order chi connectivity index (χ0) is 8.02. The third-order valence-corrected chi connectivity index (χ3v) is 3.22. The fourth-order valence-electron chi connectivity index (χ4n) is 2.04. The zero-order valence-corrected chi connectivity index (χ0v) is 7.21. The summed E-state index contributed by atoms with van der Waals surface area (Å²) in [5.41, 5.74) is -0.0780. The van der Waals surface area contributed by atoms with E-state index in [2.05, 4.69) is 5.32 Å². The predicted molar refractivity (Wildman–Crippen MR) is 43.7 cm³/mol. The maximum absolute atomic E-state index is 5.78. The molecule has 1 N–H and O–H groups in total. The normalized spacial score (nSPS) is 39.5. The lowest BCUT2D eigenvalue weighted by atomic mass is 10.0. The van der Waals surface area contributed by atoms with E-state index in [1.165, 1.54) is 12.8 Å². The molecule has 3 fully saturated rings. The van der Waals surface area contributed by atoms with E-state index >= 15 is 0 Å². The van der Waals surface area contributed by atoms with E-state index in [1.807, 2.05) is 0 Å². The molecule has 12 heavy (non-hydrogen) atoms. The lowest BCUT2D eigenvalue weighted by Crippen LogP contribution is -2.66. The van der Waals surface area contributed by atoms with Crippen molar-refractivity contribution in [3.8, 4) is 0 Å². The van der Waals surface area contributed by atoms with Gasteiger partial charge in [0.2, 0.25) is 0 Å². The summed E-state index contributed by atoms with van der Waals surface area (Å²) in [6.07, 6.45) is 2.83. The van der Waals surface area contributed by atoms with E-state index in [9.17, 15) is 0 Å². The molecule has 3 nitrogen and oxygen atoms in total. The van der Waals surface area contributed by atoms with E-state index < -0.39 is 0 Å². The van der Waals surface area contributed by atoms with Gasteiger partial charge in [-0.3, -0.25) is 5.32 Å². The summed E-state index contributed by atoms with van der Waals surface area (Å²) >= 11 is 0. The van der Waals surface area contributed by atoms with Crippen LogP contribution in [0, 0.1) is 11.8 Å². The average molecular weight is 169 g/mol. The van der Waals surface area contributed by atoms with Crippen molar-refractivity contribution in [2.24, 2.45) is 11.8 Å². The molecule has 0 bridgehead atoms. The summed E-state index contributed by atoms with van der Waals surface area (Å²) in [5, 5.41) is 3.46. The molecule has 1 atom stereocenters. The van der Waals surface area contributed by atoms with Crippen LogP contribution < -0.4 is 5.32 Å². The second-order valence-corrected chi connectivity index (χ2v) is 4.28. The number of nitrogens with one attached hydrogen (secondary N) is 1. The molecule has 0 amide bonds. The summed E-state index contributed by atoms with van der Waals surface area (Å²) in [5.74, 6) is 1.73. The van der Waals surface area contributed by atoms with E-state index in [-0.39, 0.29) is 5.72 Å². The topological polar surface area (TPSA) is 30.5 Å². The Morgan fingerprint density at radius 2 is 2.00 bits per heavy atom. The van der Waals surface area contributed by atoms with Gasteiger partial charge in [0.15, 0.2) is 5.72 Å². The van der Waals surface area contributed by atoms with Gasteiger partial charge in [-0.05, 0) is 24.7 Å². The molecular formula is C9H15NO2. The van der Waals surface area contributed by atoms with Crippen molar-refractivity contribution in [3.05, 3.63) is 0 Å². The largest absolute Gasteiger partial charge is 0.372 e. The first-order chi connectivity index (χ1) is 5.88. The summed E-state index contributed by atoms with van der Waals surface area (Å²) in [6.45, 7) is 3.56. The van der Waals surface area contributed by atoms with Crippen LogP contribution in [0.2, 0.25) is 0 Å². The molecule has 2 saturated heterocycles. The first-order valence-corrected chi connectivity index (χ1v) is 4.85. The molecule has 0 aromatic rings. The number of hydrogen-bond donors (Lipinski definition) is 1. The van der Waals surface area contributed by atoms with E-state index in [0.29, 0.717) is 0 Å². The second-order valence-electron chi connectivity index (χ2n) is 4.28. The number of rotatable bonds is 1. The van der Waals surface area contributed by atoms with Gasteiger partial charge in [-0.1, -0.05) is 0 Å². The minimum Gasteiger partial charge on any atom is -0.372 e.